The molecule has 152 valence electrons. The summed E-state index contributed by atoms with van der Waals surface area (Å²) in [6.45, 7) is 2.27. The van der Waals surface area contributed by atoms with Crippen LogP contribution < -0.4 is 0 Å². The summed E-state index contributed by atoms with van der Waals surface area (Å²) < 4.78 is 4.79. The predicted octanol–water partition coefficient (Wildman–Crippen LogP) is 6.67. The summed E-state index contributed by atoms with van der Waals surface area (Å²) in [7, 11) is 0. The summed E-state index contributed by atoms with van der Waals surface area (Å²) >= 11 is 0. The van der Waals surface area contributed by atoms with E-state index >= 15 is 0 Å². The fourth-order valence-corrected chi connectivity index (χ4v) is 4.31. The van der Waals surface area contributed by atoms with Crippen LogP contribution in [0.25, 0.3) is 0 Å². The first-order valence-electron chi connectivity index (χ1n) is 11.3. The summed E-state index contributed by atoms with van der Waals surface area (Å²) in [4.78, 5) is 23.5. The van der Waals surface area contributed by atoms with Crippen LogP contribution >= 0.6 is 0 Å². The molecule has 0 aromatic carbocycles. The van der Waals surface area contributed by atoms with Crippen LogP contribution in [0.5, 0.6) is 0 Å². The molecule has 1 saturated heterocycles. The molecule has 1 aliphatic heterocycles. The van der Waals surface area contributed by atoms with Gasteiger partial charge < -0.3 is 4.74 Å². The third-order valence-corrected chi connectivity index (χ3v) is 5.97. The Labute approximate surface area is 165 Å². The number of carbonyl (C=O) groups is 2. The molecular formula is C24H38O3. The quantitative estimate of drug-likeness (QED) is 0.148. The number of hydrogen-bond donors (Lipinski definition) is 0. The molecule has 27 heavy (non-hydrogen) atoms. The highest BCUT2D eigenvalue weighted by atomic mass is 16.6. The summed E-state index contributed by atoms with van der Waals surface area (Å²) in [5.74, 6) is -0.829. The molecule has 0 spiro atoms. The minimum absolute atomic E-state index is 0.234. The van der Waals surface area contributed by atoms with Crippen LogP contribution in [-0.2, 0) is 14.3 Å². The Hall–Kier alpha value is -1.38. The number of cyclic esters (lactones) is 2. The van der Waals surface area contributed by atoms with Crippen molar-refractivity contribution in [2.75, 3.05) is 0 Å². The third-order valence-electron chi connectivity index (χ3n) is 5.97. The van der Waals surface area contributed by atoms with E-state index in [0.29, 0.717) is 5.57 Å². The van der Waals surface area contributed by atoms with Crippen LogP contribution in [0.3, 0.4) is 0 Å². The van der Waals surface area contributed by atoms with E-state index in [2.05, 4.69) is 19.1 Å². The number of carbonyl (C=O) groups excluding carboxylic acids is 2. The number of hydrogen-bond acceptors (Lipinski definition) is 3. The van der Waals surface area contributed by atoms with Crippen molar-refractivity contribution < 1.29 is 14.3 Å². The Kier molecular flexibility index (Phi) is 10.5. The molecule has 0 N–H and O–H groups in total. The van der Waals surface area contributed by atoms with Gasteiger partial charge in [0.25, 0.3) is 0 Å². The van der Waals surface area contributed by atoms with Crippen LogP contribution in [0.2, 0.25) is 0 Å². The van der Waals surface area contributed by atoms with Gasteiger partial charge in [-0.2, -0.15) is 0 Å². The normalized spacial score (nSPS) is 22.2. The topological polar surface area (TPSA) is 43.4 Å². The average molecular weight is 375 g/mol. The standard InChI is InChI=1S/C24H38O3/c1-2-3-4-5-6-7-8-9-10-11-12-13-14-15-17-20-18-16-19-21-22(20)24(26)27-23(21)25/h14-15,19-20,22H,2-13,16-18H2,1H3. The van der Waals surface area contributed by atoms with Crippen LogP contribution in [0.4, 0.5) is 0 Å². The maximum absolute atomic E-state index is 11.9. The van der Waals surface area contributed by atoms with Gasteiger partial charge in [-0.3, -0.25) is 4.79 Å². The molecule has 1 aliphatic carbocycles. The molecule has 1 heterocycles. The maximum atomic E-state index is 11.9. The minimum Gasteiger partial charge on any atom is -0.389 e. The molecule has 0 amide bonds. The highest BCUT2D eigenvalue weighted by Crippen LogP contribution is 2.38. The molecule has 3 nitrogen and oxygen atoms in total. The van der Waals surface area contributed by atoms with E-state index in [-0.39, 0.29) is 17.8 Å². The molecule has 2 atom stereocenters. The summed E-state index contributed by atoms with van der Waals surface area (Å²) in [5, 5.41) is 0. The highest BCUT2D eigenvalue weighted by Gasteiger charge is 2.44. The summed E-state index contributed by atoms with van der Waals surface area (Å²) in [6, 6.07) is 0. The van der Waals surface area contributed by atoms with Crippen molar-refractivity contribution in [1.82, 2.24) is 0 Å². The van der Waals surface area contributed by atoms with Gasteiger partial charge in [0, 0.05) is 5.57 Å². The molecule has 2 unspecified atom stereocenters. The number of unbranched alkanes of at least 4 members (excludes halogenated alkanes) is 11. The van der Waals surface area contributed by atoms with Gasteiger partial charge in [0.05, 0.1) is 5.92 Å². The van der Waals surface area contributed by atoms with E-state index in [9.17, 15) is 9.59 Å². The zero-order valence-corrected chi connectivity index (χ0v) is 17.2. The second-order valence-electron chi connectivity index (χ2n) is 8.21. The van der Waals surface area contributed by atoms with Crippen molar-refractivity contribution in [2.45, 2.75) is 103 Å². The Bertz CT molecular complexity index is 518. The van der Waals surface area contributed by atoms with Crippen molar-refractivity contribution in [2.24, 2.45) is 11.8 Å². The van der Waals surface area contributed by atoms with E-state index in [0.717, 1.165) is 25.7 Å². The van der Waals surface area contributed by atoms with Gasteiger partial charge >= 0.3 is 11.9 Å². The molecule has 3 heteroatoms. The SMILES string of the molecule is CCCCCCCCCCCCCC=CCC1CCC=C2C(=O)OC(=O)C21. The van der Waals surface area contributed by atoms with Crippen molar-refractivity contribution in [3.8, 4) is 0 Å². The molecule has 0 aromatic rings. The summed E-state index contributed by atoms with van der Waals surface area (Å²) in [6.07, 6.45) is 25.3. The Morgan fingerprint density at radius 2 is 1.56 bits per heavy atom. The predicted molar refractivity (Wildman–Crippen MR) is 110 cm³/mol. The molecule has 2 rings (SSSR count). The first-order valence-corrected chi connectivity index (χ1v) is 11.3. The van der Waals surface area contributed by atoms with Gasteiger partial charge in [-0.15, -0.1) is 0 Å². The number of fused-ring (bicyclic) bond motifs is 1. The average Bonchev–Trinajstić information content (AvgIpc) is 2.97. The second-order valence-corrected chi connectivity index (χ2v) is 8.21. The van der Waals surface area contributed by atoms with Gasteiger partial charge in [-0.05, 0) is 38.0 Å². The zero-order valence-electron chi connectivity index (χ0n) is 17.2. The first-order chi connectivity index (χ1) is 13.2. The lowest BCUT2D eigenvalue weighted by molar-refractivity contribution is -0.153. The van der Waals surface area contributed by atoms with Crippen LogP contribution in [-0.4, -0.2) is 11.9 Å². The van der Waals surface area contributed by atoms with Crippen molar-refractivity contribution in [3.05, 3.63) is 23.8 Å². The van der Waals surface area contributed by atoms with E-state index < -0.39 is 5.97 Å². The zero-order chi connectivity index (χ0) is 19.3. The lowest BCUT2D eigenvalue weighted by Crippen LogP contribution is -2.23. The Balaban J connectivity index is 1.46. The van der Waals surface area contributed by atoms with E-state index in [4.69, 9.17) is 4.74 Å². The van der Waals surface area contributed by atoms with Gasteiger partial charge in [0.15, 0.2) is 0 Å². The summed E-state index contributed by atoms with van der Waals surface area (Å²) in [5.41, 5.74) is 0.606. The Morgan fingerprint density at radius 3 is 2.22 bits per heavy atom. The van der Waals surface area contributed by atoms with E-state index in [1.807, 2.05) is 6.08 Å². The lowest BCUT2D eigenvalue weighted by Gasteiger charge is -2.22. The highest BCUT2D eigenvalue weighted by molar-refractivity contribution is 6.07. The minimum atomic E-state index is -0.417. The molecular weight excluding hydrogens is 336 g/mol. The van der Waals surface area contributed by atoms with Crippen molar-refractivity contribution in [1.29, 1.82) is 0 Å². The fourth-order valence-electron chi connectivity index (χ4n) is 4.31. The molecule has 1 fully saturated rings. The number of ether oxygens (including phenoxy) is 1. The van der Waals surface area contributed by atoms with Crippen LogP contribution in [0.15, 0.2) is 23.8 Å². The lowest BCUT2D eigenvalue weighted by atomic mass is 9.78. The van der Waals surface area contributed by atoms with Gasteiger partial charge in [-0.25, -0.2) is 4.79 Å². The largest absolute Gasteiger partial charge is 0.389 e. The van der Waals surface area contributed by atoms with Crippen LogP contribution in [0.1, 0.15) is 103 Å². The smallest absolute Gasteiger partial charge is 0.342 e. The number of allylic oxidation sites excluding steroid dienone is 3. The van der Waals surface area contributed by atoms with Crippen LogP contribution in [0, 0.1) is 11.8 Å². The molecule has 0 bridgehead atoms. The maximum Gasteiger partial charge on any atom is 0.342 e. The number of esters is 2. The molecule has 0 radical (unpaired) electrons. The monoisotopic (exact) mass is 374 g/mol. The van der Waals surface area contributed by atoms with E-state index in [1.54, 1.807) is 0 Å². The van der Waals surface area contributed by atoms with E-state index in [1.165, 1.54) is 70.6 Å². The Morgan fingerprint density at radius 1 is 0.926 bits per heavy atom. The molecule has 0 aromatic heterocycles. The fraction of sp³-hybridized carbons (Fsp3) is 0.750. The van der Waals surface area contributed by atoms with Gasteiger partial charge in [0.1, 0.15) is 0 Å². The number of rotatable bonds is 14. The molecule has 2 aliphatic rings. The molecule has 0 saturated carbocycles. The van der Waals surface area contributed by atoms with Crippen molar-refractivity contribution >= 4 is 11.9 Å². The van der Waals surface area contributed by atoms with Gasteiger partial charge in [0.2, 0.25) is 0 Å². The van der Waals surface area contributed by atoms with Crippen molar-refractivity contribution in [3.63, 3.8) is 0 Å². The van der Waals surface area contributed by atoms with Gasteiger partial charge in [-0.1, -0.05) is 89.4 Å². The second kappa shape index (κ2) is 12.9. The third kappa shape index (κ3) is 7.63. The first kappa shape index (κ1) is 21.9.